The summed E-state index contributed by atoms with van der Waals surface area (Å²) in [5, 5.41) is 8.96. The second-order valence-electron chi connectivity index (χ2n) is 4.43. The van der Waals surface area contributed by atoms with Gasteiger partial charge in [0, 0.05) is 19.2 Å². The van der Waals surface area contributed by atoms with E-state index in [1.165, 1.54) is 6.42 Å². The lowest BCUT2D eigenvalue weighted by Gasteiger charge is -2.35. The predicted octanol–water partition coefficient (Wildman–Crippen LogP) is 0.0213. The van der Waals surface area contributed by atoms with Crippen LogP contribution in [-0.2, 0) is 4.74 Å². The molecule has 1 rings (SSSR count). The Morgan fingerprint density at radius 3 is 2.93 bits per heavy atom. The van der Waals surface area contributed by atoms with Crippen molar-refractivity contribution in [3.8, 4) is 0 Å². The van der Waals surface area contributed by atoms with Crippen LogP contribution >= 0.6 is 0 Å². The molecule has 1 aliphatic rings. The maximum atomic E-state index is 8.96. The molecule has 1 heterocycles. The average Bonchev–Trinajstić information content (AvgIpc) is 2.20. The van der Waals surface area contributed by atoms with Crippen molar-refractivity contribution < 1.29 is 9.84 Å². The van der Waals surface area contributed by atoms with E-state index in [0.29, 0.717) is 6.04 Å². The molecule has 0 aromatic carbocycles. The molecule has 1 aliphatic heterocycles. The van der Waals surface area contributed by atoms with Gasteiger partial charge in [0.25, 0.3) is 0 Å². The lowest BCUT2D eigenvalue weighted by atomic mass is 10.1. The number of rotatable bonds is 6. The van der Waals surface area contributed by atoms with Crippen LogP contribution in [0.2, 0.25) is 0 Å². The van der Waals surface area contributed by atoms with Crippen molar-refractivity contribution in [2.75, 3.05) is 53.6 Å². The first-order valence-corrected chi connectivity index (χ1v) is 5.81. The number of aliphatic hydroxyl groups is 1. The molecular formula is C11H24N2O2. The number of hydrogen-bond acceptors (Lipinski definition) is 4. The molecule has 0 saturated carbocycles. The number of morpholine rings is 1. The van der Waals surface area contributed by atoms with Gasteiger partial charge in [0.15, 0.2) is 0 Å². The van der Waals surface area contributed by atoms with Crippen LogP contribution in [0.15, 0.2) is 0 Å². The Hall–Kier alpha value is -0.160. The van der Waals surface area contributed by atoms with E-state index in [4.69, 9.17) is 9.84 Å². The van der Waals surface area contributed by atoms with E-state index in [2.05, 4.69) is 23.9 Å². The third-order valence-corrected chi connectivity index (χ3v) is 2.86. The first kappa shape index (κ1) is 12.9. The summed E-state index contributed by atoms with van der Waals surface area (Å²) in [5.41, 5.74) is 0. The highest BCUT2D eigenvalue weighted by Gasteiger charge is 2.21. The highest BCUT2D eigenvalue weighted by molar-refractivity contribution is 4.75. The summed E-state index contributed by atoms with van der Waals surface area (Å²) in [6.45, 7) is 5.14. The number of hydrogen-bond donors (Lipinski definition) is 1. The van der Waals surface area contributed by atoms with Crippen molar-refractivity contribution >= 4 is 0 Å². The fourth-order valence-corrected chi connectivity index (χ4v) is 1.99. The van der Waals surface area contributed by atoms with Crippen molar-refractivity contribution in [1.82, 2.24) is 9.80 Å². The fourth-order valence-electron chi connectivity index (χ4n) is 1.99. The number of ether oxygens (including phenoxy) is 1. The zero-order valence-corrected chi connectivity index (χ0v) is 9.98. The van der Waals surface area contributed by atoms with E-state index in [1.807, 2.05) is 0 Å². The monoisotopic (exact) mass is 216 g/mol. The van der Waals surface area contributed by atoms with Crippen molar-refractivity contribution in [3.05, 3.63) is 0 Å². The van der Waals surface area contributed by atoms with Gasteiger partial charge in [0.1, 0.15) is 0 Å². The largest absolute Gasteiger partial charge is 0.396 e. The Bertz CT molecular complexity index is 163. The zero-order valence-electron chi connectivity index (χ0n) is 9.98. The molecule has 15 heavy (non-hydrogen) atoms. The lowest BCUT2D eigenvalue weighted by Crippen LogP contribution is -2.46. The van der Waals surface area contributed by atoms with Gasteiger partial charge in [-0.05, 0) is 40.0 Å². The molecule has 4 nitrogen and oxygen atoms in total. The Kier molecular flexibility index (Phi) is 6.17. The minimum absolute atomic E-state index is 0.262. The molecule has 0 bridgehead atoms. The van der Waals surface area contributed by atoms with Gasteiger partial charge in [-0.1, -0.05) is 0 Å². The van der Waals surface area contributed by atoms with E-state index >= 15 is 0 Å². The highest BCUT2D eigenvalue weighted by Crippen LogP contribution is 2.10. The molecule has 90 valence electrons. The minimum atomic E-state index is 0.262. The van der Waals surface area contributed by atoms with Gasteiger partial charge < -0.3 is 14.7 Å². The topological polar surface area (TPSA) is 35.9 Å². The second kappa shape index (κ2) is 7.17. The second-order valence-corrected chi connectivity index (χ2v) is 4.43. The van der Waals surface area contributed by atoms with Crippen LogP contribution in [0.3, 0.4) is 0 Å². The zero-order chi connectivity index (χ0) is 11.1. The third-order valence-electron chi connectivity index (χ3n) is 2.86. The summed E-state index contributed by atoms with van der Waals surface area (Å²) in [4.78, 5) is 4.66. The predicted molar refractivity (Wildman–Crippen MR) is 61.1 cm³/mol. The van der Waals surface area contributed by atoms with E-state index in [-0.39, 0.29) is 6.61 Å². The lowest BCUT2D eigenvalue weighted by molar-refractivity contribution is -0.0164. The maximum absolute atomic E-state index is 8.96. The summed E-state index contributed by atoms with van der Waals surface area (Å²) < 4.78 is 5.43. The number of aliphatic hydroxyl groups excluding tert-OH is 1. The minimum Gasteiger partial charge on any atom is -0.396 e. The van der Waals surface area contributed by atoms with E-state index in [9.17, 15) is 0 Å². The van der Waals surface area contributed by atoms with Crippen molar-refractivity contribution in [2.45, 2.75) is 18.9 Å². The normalized spacial score (nSPS) is 23.6. The van der Waals surface area contributed by atoms with E-state index in [0.717, 1.165) is 39.3 Å². The van der Waals surface area contributed by atoms with Crippen molar-refractivity contribution in [1.29, 1.82) is 0 Å². The molecule has 0 aliphatic carbocycles. The summed E-state index contributed by atoms with van der Waals surface area (Å²) in [7, 11) is 4.20. The maximum Gasteiger partial charge on any atom is 0.0623 e. The Labute approximate surface area is 92.8 Å². The molecule has 0 aromatic heterocycles. The van der Waals surface area contributed by atoms with Crippen molar-refractivity contribution in [2.24, 2.45) is 0 Å². The standard InChI is InChI=1S/C11H24N2O2/c1-12(2)5-3-6-13-7-9-15-10-11(13)4-8-14/h11,14H,3-10H2,1-2H3. The van der Waals surface area contributed by atoms with Crippen LogP contribution in [-0.4, -0.2) is 74.5 Å². The third kappa shape index (κ3) is 4.93. The van der Waals surface area contributed by atoms with Gasteiger partial charge in [0.2, 0.25) is 0 Å². The molecule has 1 fully saturated rings. The van der Waals surface area contributed by atoms with Gasteiger partial charge >= 0.3 is 0 Å². The molecule has 4 heteroatoms. The van der Waals surface area contributed by atoms with Crippen LogP contribution in [0.5, 0.6) is 0 Å². The molecular weight excluding hydrogens is 192 g/mol. The highest BCUT2D eigenvalue weighted by atomic mass is 16.5. The first-order chi connectivity index (χ1) is 7.24. The Balaban J connectivity index is 2.23. The molecule has 1 saturated heterocycles. The molecule has 0 radical (unpaired) electrons. The number of nitrogens with zero attached hydrogens (tertiary/aromatic N) is 2. The summed E-state index contributed by atoms with van der Waals surface area (Å²) >= 11 is 0. The quantitative estimate of drug-likeness (QED) is 0.679. The van der Waals surface area contributed by atoms with Crippen molar-refractivity contribution in [3.63, 3.8) is 0 Å². The van der Waals surface area contributed by atoms with Gasteiger partial charge in [-0.15, -0.1) is 0 Å². The molecule has 0 aromatic rings. The first-order valence-electron chi connectivity index (χ1n) is 5.81. The summed E-state index contributed by atoms with van der Waals surface area (Å²) in [6.07, 6.45) is 2.02. The van der Waals surface area contributed by atoms with Crippen LogP contribution in [0.1, 0.15) is 12.8 Å². The van der Waals surface area contributed by atoms with Gasteiger partial charge in [-0.2, -0.15) is 0 Å². The van der Waals surface area contributed by atoms with Crippen LogP contribution in [0, 0.1) is 0 Å². The van der Waals surface area contributed by atoms with E-state index in [1.54, 1.807) is 0 Å². The summed E-state index contributed by atoms with van der Waals surface area (Å²) in [6, 6.07) is 0.422. The molecule has 1 N–H and O–H groups in total. The molecule has 0 amide bonds. The van der Waals surface area contributed by atoms with Crippen LogP contribution in [0.25, 0.3) is 0 Å². The molecule has 0 spiro atoms. The van der Waals surface area contributed by atoms with E-state index < -0.39 is 0 Å². The van der Waals surface area contributed by atoms with Crippen LogP contribution < -0.4 is 0 Å². The smallest absolute Gasteiger partial charge is 0.0623 e. The SMILES string of the molecule is CN(C)CCCN1CCOCC1CCO. The van der Waals surface area contributed by atoms with Gasteiger partial charge in [-0.25, -0.2) is 0 Å². The van der Waals surface area contributed by atoms with Crippen LogP contribution in [0.4, 0.5) is 0 Å². The fraction of sp³-hybridized carbons (Fsp3) is 1.00. The average molecular weight is 216 g/mol. The Morgan fingerprint density at radius 2 is 2.27 bits per heavy atom. The molecule has 1 unspecified atom stereocenters. The van der Waals surface area contributed by atoms with Gasteiger partial charge in [-0.3, -0.25) is 4.90 Å². The van der Waals surface area contributed by atoms with Gasteiger partial charge in [0.05, 0.1) is 13.2 Å². The summed E-state index contributed by atoms with van der Waals surface area (Å²) in [5.74, 6) is 0. The molecule has 1 atom stereocenters. The Morgan fingerprint density at radius 1 is 1.47 bits per heavy atom.